The Bertz CT molecular complexity index is 630. The van der Waals surface area contributed by atoms with E-state index >= 15 is 0 Å². The van der Waals surface area contributed by atoms with Gasteiger partial charge in [0.05, 0.1) is 5.38 Å². The Hall–Kier alpha value is -0.770. The number of nitrogens with two attached hydrogens (primary N) is 1. The number of aliphatic hydroxyl groups excluding tert-OH is 1. The van der Waals surface area contributed by atoms with Crippen LogP contribution in [0.2, 0.25) is 0 Å². The average Bonchev–Trinajstić information content (AvgIpc) is 2.50. The van der Waals surface area contributed by atoms with Crippen molar-refractivity contribution in [2.45, 2.75) is 16.5 Å². The largest absolute Gasteiger partial charge is 0.388 e. The second kappa shape index (κ2) is 5.55. The molecule has 5 heteroatoms. The number of benzene rings is 2. The molecule has 2 aromatic rings. The summed E-state index contributed by atoms with van der Waals surface area (Å²) in [5.41, 5.74) is 9.55. The number of alkyl halides is 2. The SMILES string of the molecule is Cl.NC1(Cl)c2ccccc2-c2ccccc2C(Cl)C1O. The van der Waals surface area contributed by atoms with E-state index in [0.717, 1.165) is 16.7 Å². The van der Waals surface area contributed by atoms with Crippen molar-refractivity contribution in [2.24, 2.45) is 5.73 Å². The Balaban J connectivity index is 0.00000147. The number of halogens is 3. The lowest BCUT2D eigenvalue weighted by atomic mass is 9.95. The number of hydrogen-bond donors (Lipinski definition) is 2. The molecule has 0 radical (unpaired) electrons. The first-order valence-electron chi connectivity index (χ1n) is 6.02. The van der Waals surface area contributed by atoms with Crippen LogP contribution < -0.4 is 5.73 Å². The second-order valence-corrected chi connectivity index (χ2v) is 5.84. The Morgan fingerprint density at radius 1 is 1.00 bits per heavy atom. The lowest BCUT2D eigenvalue weighted by Gasteiger charge is -2.30. The maximum absolute atomic E-state index is 10.4. The van der Waals surface area contributed by atoms with E-state index in [2.05, 4.69) is 0 Å². The van der Waals surface area contributed by atoms with E-state index in [1.54, 1.807) is 0 Å². The number of hydrogen-bond acceptors (Lipinski definition) is 2. The summed E-state index contributed by atoms with van der Waals surface area (Å²) < 4.78 is 0. The van der Waals surface area contributed by atoms with E-state index in [-0.39, 0.29) is 12.4 Å². The number of fused-ring (bicyclic) bond motifs is 3. The van der Waals surface area contributed by atoms with Crippen LogP contribution in [0.25, 0.3) is 11.1 Å². The van der Waals surface area contributed by atoms with E-state index in [9.17, 15) is 5.11 Å². The van der Waals surface area contributed by atoms with E-state index in [1.807, 2.05) is 48.5 Å². The molecule has 106 valence electrons. The molecule has 0 amide bonds. The van der Waals surface area contributed by atoms with Gasteiger partial charge in [0.15, 0.2) is 0 Å². The van der Waals surface area contributed by atoms with Gasteiger partial charge in [-0.1, -0.05) is 60.1 Å². The number of aliphatic hydroxyl groups is 1. The Morgan fingerprint density at radius 2 is 1.55 bits per heavy atom. The van der Waals surface area contributed by atoms with Gasteiger partial charge < -0.3 is 10.8 Å². The summed E-state index contributed by atoms with van der Waals surface area (Å²) in [6, 6.07) is 15.2. The van der Waals surface area contributed by atoms with Crippen molar-refractivity contribution in [3.8, 4) is 11.1 Å². The van der Waals surface area contributed by atoms with Crippen molar-refractivity contribution in [2.75, 3.05) is 0 Å². The van der Waals surface area contributed by atoms with Crippen LogP contribution in [-0.2, 0) is 5.00 Å². The minimum atomic E-state index is -1.40. The van der Waals surface area contributed by atoms with Gasteiger partial charge >= 0.3 is 0 Å². The molecule has 0 aliphatic heterocycles. The van der Waals surface area contributed by atoms with Crippen LogP contribution in [-0.4, -0.2) is 11.2 Å². The summed E-state index contributed by atoms with van der Waals surface area (Å²) in [5.74, 6) is 0. The highest BCUT2D eigenvalue weighted by molar-refractivity contribution is 6.27. The van der Waals surface area contributed by atoms with Crippen LogP contribution in [0.15, 0.2) is 48.5 Å². The molecule has 3 rings (SSSR count). The van der Waals surface area contributed by atoms with Gasteiger partial charge in [0.25, 0.3) is 0 Å². The van der Waals surface area contributed by atoms with Crippen molar-refractivity contribution < 1.29 is 5.11 Å². The fourth-order valence-corrected chi connectivity index (χ4v) is 3.32. The monoisotopic (exact) mass is 329 g/mol. The molecule has 3 N–H and O–H groups in total. The first-order valence-corrected chi connectivity index (χ1v) is 6.83. The summed E-state index contributed by atoms with van der Waals surface area (Å²) in [7, 11) is 0. The summed E-state index contributed by atoms with van der Waals surface area (Å²) in [5, 5.41) is 9.74. The molecule has 0 saturated carbocycles. The van der Waals surface area contributed by atoms with Crippen molar-refractivity contribution in [1.82, 2.24) is 0 Å². The van der Waals surface area contributed by atoms with Gasteiger partial charge in [-0.05, 0) is 22.3 Å². The van der Waals surface area contributed by atoms with Gasteiger partial charge in [-0.15, -0.1) is 24.0 Å². The van der Waals surface area contributed by atoms with Gasteiger partial charge in [0.1, 0.15) is 11.1 Å². The third-order valence-electron chi connectivity index (χ3n) is 3.60. The van der Waals surface area contributed by atoms with Crippen LogP contribution in [0.1, 0.15) is 16.5 Å². The predicted molar refractivity (Wildman–Crippen MR) is 85.4 cm³/mol. The molecule has 1 aliphatic rings. The predicted octanol–water partition coefficient (Wildman–Crippen LogP) is 3.78. The molecule has 0 bridgehead atoms. The molecule has 3 atom stereocenters. The molecule has 1 aliphatic carbocycles. The van der Waals surface area contributed by atoms with E-state index in [1.165, 1.54) is 0 Å². The molecule has 0 heterocycles. The van der Waals surface area contributed by atoms with Crippen molar-refractivity contribution in [3.63, 3.8) is 0 Å². The van der Waals surface area contributed by atoms with Gasteiger partial charge in [-0.3, -0.25) is 0 Å². The Kier molecular flexibility index (Phi) is 4.33. The highest BCUT2D eigenvalue weighted by atomic mass is 35.5. The third-order valence-corrected chi connectivity index (χ3v) is 4.50. The van der Waals surface area contributed by atoms with Crippen LogP contribution in [0.3, 0.4) is 0 Å². The lowest BCUT2D eigenvalue weighted by Crippen LogP contribution is -2.44. The maximum atomic E-state index is 10.4. The average molecular weight is 331 g/mol. The molecular formula is C15H14Cl3NO. The second-order valence-electron chi connectivity index (χ2n) is 4.75. The van der Waals surface area contributed by atoms with Crippen LogP contribution in [0, 0.1) is 0 Å². The van der Waals surface area contributed by atoms with Crippen molar-refractivity contribution >= 4 is 35.6 Å². The molecule has 2 nitrogen and oxygen atoms in total. The topological polar surface area (TPSA) is 46.2 Å². The van der Waals surface area contributed by atoms with Gasteiger partial charge in [0, 0.05) is 0 Å². The van der Waals surface area contributed by atoms with Gasteiger partial charge in [-0.25, -0.2) is 0 Å². The first kappa shape index (κ1) is 15.6. The zero-order valence-corrected chi connectivity index (χ0v) is 12.8. The minimum Gasteiger partial charge on any atom is -0.388 e. The van der Waals surface area contributed by atoms with E-state index in [4.69, 9.17) is 28.9 Å². The van der Waals surface area contributed by atoms with Crippen LogP contribution in [0.5, 0.6) is 0 Å². The Morgan fingerprint density at radius 3 is 2.25 bits per heavy atom. The molecular weight excluding hydrogens is 317 g/mol. The zero-order valence-electron chi connectivity index (χ0n) is 10.5. The van der Waals surface area contributed by atoms with Crippen LogP contribution in [0.4, 0.5) is 0 Å². The molecule has 0 fully saturated rings. The zero-order chi connectivity index (χ0) is 13.6. The summed E-state index contributed by atoms with van der Waals surface area (Å²) in [4.78, 5) is -1.40. The van der Waals surface area contributed by atoms with Crippen molar-refractivity contribution in [3.05, 3.63) is 59.7 Å². The summed E-state index contributed by atoms with van der Waals surface area (Å²) >= 11 is 12.7. The smallest absolute Gasteiger partial charge is 0.145 e. The summed E-state index contributed by atoms with van der Waals surface area (Å²) in [6.07, 6.45) is -1.07. The third kappa shape index (κ3) is 2.22. The molecule has 3 unspecified atom stereocenters. The normalized spacial score (nSPS) is 27.8. The number of rotatable bonds is 0. The standard InChI is InChI=1S/C15H13Cl2NO.ClH/c16-13-11-7-2-1-5-9(11)10-6-3-4-8-12(10)15(17,18)14(13)19;/h1-8,13-14,19H,18H2;1H. The summed E-state index contributed by atoms with van der Waals surface area (Å²) in [6.45, 7) is 0. The Labute approximate surface area is 133 Å². The molecule has 20 heavy (non-hydrogen) atoms. The van der Waals surface area contributed by atoms with E-state index in [0.29, 0.717) is 5.56 Å². The minimum absolute atomic E-state index is 0. The first-order chi connectivity index (χ1) is 9.03. The molecule has 0 saturated heterocycles. The fourth-order valence-electron chi connectivity index (χ4n) is 2.58. The maximum Gasteiger partial charge on any atom is 0.145 e. The highest BCUT2D eigenvalue weighted by Crippen LogP contribution is 2.47. The van der Waals surface area contributed by atoms with Gasteiger partial charge in [0.2, 0.25) is 0 Å². The molecule has 2 aromatic carbocycles. The highest BCUT2D eigenvalue weighted by Gasteiger charge is 2.43. The van der Waals surface area contributed by atoms with Crippen LogP contribution >= 0.6 is 35.6 Å². The quantitative estimate of drug-likeness (QED) is 0.570. The molecule has 0 spiro atoms. The fraction of sp³-hybridized carbons (Fsp3) is 0.200. The van der Waals surface area contributed by atoms with Gasteiger partial charge in [-0.2, -0.15) is 0 Å². The molecule has 0 aromatic heterocycles. The lowest BCUT2D eigenvalue weighted by molar-refractivity contribution is 0.122. The van der Waals surface area contributed by atoms with E-state index < -0.39 is 16.5 Å². The van der Waals surface area contributed by atoms with Crippen molar-refractivity contribution in [1.29, 1.82) is 0 Å².